The molecule has 1 aromatic carbocycles. The maximum absolute atomic E-state index is 12.3. The molecule has 0 amide bonds. The average molecular weight is 270 g/mol. The predicted octanol–water partition coefficient (Wildman–Crippen LogP) is 1.51. The van der Waals surface area contributed by atoms with Crippen LogP contribution in [0.5, 0.6) is 0 Å². The van der Waals surface area contributed by atoms with Crippen molar-refractivity contribution in [1.82, 2.24) is 0 Å². The van der Waals surface area contributed by atoms with Gasteiger partial charge < -0.3 is 9.47 Å². The summed E-state index contributed by atoms with van der Waals surface area (Å²) < 4.78 is 35.3. The lowest BCUT2D eigenvalue weighted by Gasteiger charge is -2.19. The smallest absolute Gasteiger partial charge is 0.178 e. The SMILES string of the molecule is CO[C@H]1CO[C@@H](C)[C@@H]1CS(=O)(=O)c1ccccc1. The quantitative estimate of drug-likeness (QED) is 0.832. The molecule has 1 heterocycles. The first-order valence-electron chi connectivity index (χ1n) is 5.97. The highest BCUT2D eigenvalue weighted by atomic mass is 32.2. The zero-order valence-corrected chi connectivity index (χ0v) is 11.4. The summed E-state index contributed by atoms with van der Waals surface area (Å²) in [6, 6.07) is 8.51. The molecule has 0 spiro atoms. The summed E-state index contributed by atoms with van der Waals surface area (Å²) in [5.74, 6) is -0.0448. The van der Waals surface area contributed by atoms with Gasteiger partial charge in [-0.2, -0.15) is 0 Å². The molecule has 5 heteroatoms. The van der Waals surface area contributed by atoms with Crippen LogP contribution in [0.15, 0.2) is 35.2 Å². The van der Waals surface area contributed by atoms with Gasteiger partial charge in [0.25, 0.3) is 0 Å². The minimum atomic E-state index is -3.28. The number of hydrogen-bond donors (Lipinski definition) is 0. The van der Waals surface area contributed by atoms with Crippen molar-refractivity contribution in [3.8, 4) is 0 Å². The fraction of sp³-hybridized carbons (Fsp3) is 0.538. The Morgan fingerprint density at radius 3 is 2.61 bits per heavy atom. The van der Waals surface area contributed by atoms with Crippen molar-refractivity contribution in [2.75, 3.05) is 19.5 Å². The highest BCUT2D eigenvalue weighted by molar-refractivity contribution is 7.91. The molecule has 18 heavy (non-hydrogen) atoms. The van der Waals surface area contributed by atoms with E-state index in [9.17, 15) is 8.42 Å². The van der Waals surface area contributed by atoms with Crippen molar-refractivity contribution >= 4 is 9.84 Å². The highest BCUT2D eigenvalue weighted by Crippen LogP contribution is 2.27. The van der Waals surface area contributed by atoms with Gasteiger partial charge in [0.2, 0.25) is 0 Å². The van der Waals surface area contributed by atoms with Crippen molar-refractivity contribution < 1.29 is 17.9 Å². The standard InChI is InChI=1S/C13H18O4S/c1-10-12(13(16-2)8-17-10)9-18(14,15)11-6-4-3-5-7-11/h3-7,10,12-13H,8-9H2,1-2H3/t10-,12-,13-/m0/s1. The third kappa shape index (κ3) is 2.74. The first kappa shape index (κ1) is 13.5. The molecule has 2 rings (SSSR count). The van der Waals surface area contributed by atoms with Gasteiger partial charge in [-0.25, -0.2) is 8.42 Å². The number of hydrogen-bond acceptors (Lipinski definition) is 4. The zero-order chi connectivity index (χ0) is 13.2. The first-order valence-corrected chi connectivity index (χ1v) is 7.62. The van der Waals surface area contributed by atoms with Crippen LogP contribution < -0.4 is 0 Å². The van der Waals surface area contributed by atoms with Crippen LogP contribution in [0.3, 0.4) is 0 Å². The minimum absolute atomic E-state index is 0.0662. The summed E-state index contributed by atoms with van der Waals surface area (Å²) in [6.45, 7) is 2.36. The Balaban J connectivity index is 2.18. The molecule has 0 aliphatic carbocycles. The van der Waals surface area contributed by atoms with E-state index in [0.717, 1.165) is 0 Å². The van der Waals surface area contributed by atoms with Crippen molar-refractivity contribution in [2.45, 2.75) is 24.0 Å². The van der Waals surface area contributed by atoms with E-state index in [4.69, 9.17) is 9.47 Å². The van der Waals surface area contributed by atoms with E-state index < -0.39 is 9.84 Å². The maximum atomic E-state index is 12.3. The molecule has 1 aromatic rings. The lowest BCUT2D eigenvalue weighted by molar-refractivity contribution is 0.0670. The Morgan fingerprint density at radius 1 is 1.33 bits per heavy atom. The Bertz CT molecular complexity index is 483. The molecule has 1 fully saturated rings. The van der Waals surface area contributed by atoms with Gasteiger partial charge in [-0.15, -0.1) is 0 Å². The topological polar surface area (TPSA) is 52.6 Å². The molecule has 3 atom stereocenters. The second-order valence-corrected chi connectivity index (χ2v) is 6.61. The lowest BCUT2D eigenvalue weighted by Crippen LogP contribution is -2.31. The van der Waals surface area contributed by atoms with E-state index in [1.807, 2.05) is 6.92 Å². The summed E-state index contributed by atoms with van der Waals surface area (Å²) in [5, 5.41) is 0. The summed E-state index contributed by atoms with van der Waals surface area (Å²) in [4.78, 5) is 0.360. The van der Waals surface area contributed by atoms with E-state index >= 15 is 0 Å². The molecule has 0 radical (unpaired) electrons. The zero-order valence-electron chi connectivity index (χ0n) is 10.6. The van der Waals surface area contributed by atoms with E-state index in [2.05, 4.69) is 0 Å². The molecular weight excluding hydrogens is 252 g/mol. The van der Waals surface area contributed by atoms with Crippen LogP contribution in [-0.2, 0) is 19.3 Å². The summed E-state index contributed by atoms with van der Waals surface area (Å²) in [5.41, 5.74) is 0. The summed E-state index contributed by atoms with van der Waals surface area (Å²) in [6.07, 6.45) is -0.230. The number of ether oxygens (including phenoxy) is 2. The van der Waals surface area contributed by atoms with Gasteiger partial charge in [0.1, 0.15) is 0 Å². The molecule has 0 aromatic heterocycles. The van der Waals surface area contributed by atoms with Crippen LogP contribution >= 0.6 is 0 Å². The van der Waals surface area contributed by atoms with E-state index in [1.54, 1.807) is 37.4 Å². The Hall–Kier alpha value is -0.910. The molecule has 0 N–H and O–H groups in total. The normalized spacial score (nSPS) is 28.4. The van der Waals surface area contributed by atoms with Gasteiger partial charge >= 0.3 is 0 Å². The molecule has 1 aliphatic heterocycles. The van der Waals surface area contributed by atoms with E-state index in [-0.39, 0.29) is 23.9 Å². The number of methoxy groups -OCH3 is 1. The molecule has 1 aliphatic rings. The van der Waals surface area contributed by atoms with Crippen LogP contribution in [0.4, 0.5) is 0 Å². The molecular formula is C13H18O4S. The van der Waals surface area contributed by atoms with Gasteiger partial charge in [0.15, 0.2) is 9.84 Å². The first-order chi connectivity index (χ1) is 8.54. The van der Waals surface area contributed by atoms with Crippen molar-refractivity contribution in [2.24, 2.45) is 5.92 Å². The van der Waals surface area contributed by atoms with Crippen LogP contribution in [0.2, 0.25) is 0 Å². The number of benzene rings is 1. The van der Waals surface area contributed by atoms with Crippen LogP contribution in [-0.4, -0.2) is 40.1 Å². The van der Waals surface area contributed by atoms with Gasteiger partial charge in [-0.05, 0) is 19.1 Å². The van der Waals surface area contributed by atoms with Gasteiger partial charge in [0.05, 0.1) is 29.5 Å². The minimum Gasteiger partial charge on any atom is -0.379 e. The molecule has 4 nitrogen and oxygen atoms in total. The van der Waals surface area contributed by atoms with Gasteiger partial charge in [0, 0.05) is 13.0 Å². The summed E-state index contributed by atoms with van der Waals surface area (Å²) >= 11 is 0. The average Bonchev–Trinajstić information content (AvgIpc) is 2.71. The van der Waals surface area contributed by atoms with Crippen LogP contribution in [0.1, 0.15) is 6.92 Å². The van der Waals surface area contributed by atoms with Crippen molar-refractivity contribution in [3.05, 3.63) is 30.3 Å². The molecule has 0 unspecified atom stereocenters. The lowest BCUT2D eigenvalue weighted by atomic mass is 10.0. The predicted molar refractivity (Wildman–Crippen MR) is 68.2 cm³/mol. The Kier molecular flexibility index (Phi) is 4.04. The second-order valence-electron chi connectivity index (χ2n) is 4.57. The van der Waals surface area contributed by atoms with Crippen LogP contribution in [0.25, 0.3) is 0 Å². The summed E-state index contributed by atoms with van der Waals surface area (Å²) in [7, 11) is -1.69. The van der Waals surface area contributed by atoms with Crippen LogP contribution in [0, 0.1) is 5.92 Å². The highest BCUT2D eigenvalue weighted by Gasteiger charge is 2.38. The largest absolute Gasteiger partial charge is 0.379 e. The van der Waals surface area contributed by atoms with Gasteiger partial charge in [-0.3, -0.25) is 0 Å². The van der Waals surface area contributed by atoms with Gasteiger partial charge in [-0.1, -0.05) is 18.2 Å². The fourth-order valence-corrected chi connectivity index (χ4v) is 4.02. The molecule has 100 valence electrons. The molecule has 0 bridgehead atoms. The van der Waals surface area contributed by atoms with E-state index in [0.29, 0.717) is 11.5 Å². The second kappa shape index (κ2) is 5.38. The third-order valence-corrected chi connectivity index (χ3v) is 5.23. The number of rotatable bonds is 4. The Morgan fingerprint density at radius 2 is 2.00 bits per heavy atom. The van der Waals surface area contributed by atoms with Crippen molar-refractivity contribution in [3.63, 3.8) is 0 Å². The van der Waals surface area contributed by atoms with E-state index in [1.165, 1.54) is 0 Å². The third-order valence-electron chi connectivity index (χ3n) is 3.42. The fourth-order valence-electron chi connectivity index (χ4n) is 2.26. The molecule has 1 saturated heterocycles. The molecule has 0 saturated carbocycles. The van der Waals surface area contributed by atoms with Crippen molar-refractivity contribution in [1.29, 1.82) is 0 Å². The number of sulfone groups is 1. The monoisotopic (exact) mass is 270 g/mol. The Labute approximate surface area is 108 Å². The maximum Gasteiger partial charge on any atom is 0.178 e.